The average molecular weight is 1670 g/mol. The molecule has 19 heteroatoms. The molecule has 122 heavy (non-hydrogen) atoms. The molecule has 4 aromatic heterocycles. The number of amides is 4. The maximum Gasteiger partial charge on any atom is 0.224 e. The lowest BCUT2D eigenvalue weighted by Crippen LogP contribution is -2.41. The van der Waals surface area contributed by atoms with Crippen LogP contribution in [0.4, 0.5) is 0 Å². The van der Waals surface area contributed by atoms with Crippen molar-refractivity contribution in [2.45, 2.75) is 357 Å². The van der Waals surface area contributed by atoms with Gasteiger partial charge in [0.1, 0.15) is 23.3 Å². The molecule has 0 N–H and O–H groups in total. The number of hydrogen-bond donors (Lipinski definition) is 0. The first-order valence-corrected chi connectivity index (χ1v) is 49.5. The predicted octanol–water partition coefficient (Wildman–Crippen LogP) is 21.4. The summed E-state index contributed by atoms with van der Waals surface area (Å²) in [6, 6.07) is 33.1. The van der Waals surface area contributed by atoms with Crippen molar-refractivity contribution in [2.75, 3.05) is 72.0 Å². The number of aromatic nitrogens is 8. The molecule has 16 rings (SSSR count). The van der Waals surface area contributed by atoms with E-state index in [0.717, 1.165) is 205 Å². The minimum atomic E-state index is 0.305. The first-order valence-electron chi connectivity index (χ1n) is 49.5. The van der Waals surface area contributed by atoms with Gasteiger partial charge in [0.15, 0.2) is 0 Å². The lowest BCUT2D eigenvalue weighted by molar-refractivity contribution is -0.135. The second-order valence-corrected chi connectivity index (χ2v) is 39.1. The fourth-order valence-electron chi connectivity index (χ4n) is 22.1. The molecule has 4 aliphatic carbocycles. The molecule has 0 radical (unpaired) electrons. The third kappa shape index (κ3) is 24.6. The Labute approximate surface area is 733 Å². The molecule has 4 aliphatic heterocycles. The Bertz CT molecular complexity index is 4540. The van der Waals surface area contributed by atoms with Crippen LogP contribution in [0.2, 0.25) is 0 Å². The third-order valence-corrected chi connectivity index (χ3v) is 29.9. The number of likely N-dealkylation sites (tertiary alicyclic amines) is 4. The number of rotatable bonds is 27. The van der Waals surface area contributed by atoms with Gasteiger partial charge in [-0.05, 0) is 253 Å². The van der Waals surface area contributed by atoms with Crippen LogP contribution in [0, 0.1) is 36.0 Å². The molecule has 0 atom stereocenters. The van der Waals surface area contributed by atoms with Gasteiger partial charge in [0.2, 0.25) is 23.6 Å². The van der Waals surface area contributed by atoms with E-state index in [1.54, 1.807) is 0 Å². The molecule has 19 nitrogen and oxygen atoms in total. The summed E-state index contributed by atoms with van der Waals surface area (Å²) in [5.74, 6) is 9.66. The van der Waals surface area contributed by atoms with Crippen molar-refractivity contribution in [3.63, 3.8) is 0 Å². The maximum atomic E-state index is 13.2. The highest BCUT2D eigenvalue weighted by atomic mass is 16.2. The molecule has 8 aromatic rings. The standard InChI is InChI=1S/C28H44N4O.C27H42N4O.C26H40N4O.C22H31N3O/c1-5-31(23-11-7-6-8-12-23)27(33)17-20-32-25-14-10-9-13-24(25)29-26(32)21-30-18-15-22(16-19-30)28(2,3)4;1-4-22-13-16-29(17-14-22)20-26-28-24-19-21(3)11-12-25(24)31(26)18-15-27(32)30(5-2)23-9-7-6-8-10-23;1-3-21-14-17-28(18-15-21)20-25-27-23-12-8-9-13-24(23)30(25)19-16-26(31)29(4-2)22-10-6-5-7-11-22;1-17-11-14-24(15-12-17)21(26)13-16-25-20-10-6-5-9-19(20)23-22(25)18-7-3-2-4-8-18/h9-10,13-14,22-23H,5-8,11-12,15-21H2,1-4H3;11-12,19,22-23H,4-10,13-18,20H2,1-3H3;8-9,12-13,21-22H,3-7,10-11,14-20H2,1-2H3;5-6,9-10,17-18H,2-4,7-8,11-16H2,1H3. The van der Waals surface area contributed by atoms with E-state index in [9.17, 15) is 19.2 Å². The Balaban J connectivity index is 0.000000141. The summed E-state index contributed by atoms with van der Waals surface area (Å²) in [4.78, 5) is 88.5. The molecule has 0 bridgehead atoms. The van der Waals surface area contributed by atoms with E-state index in [-0.39, 0.29) is 0 Å². The Kier molecular flexibility index (Phi) is 34.5. The number of hydrogen-bond acceptors (Lipinski definition) is 11. The largest absolute Gasteiger partial charge is 0.343 e. The predicted molar refractivity (Wildman–Crippen MR) is 500 cm³/mol. The SMILES string of the molecule is CC1CCN(C(=O)CCn2c(C3CCCCC3)nc3ccccc32)CC1.CCC1CCN(Cc2nc3cc(C)ccc3n2CCC(=O)N(CC)C2CCCCC2)CC1.CCC1CCN(Cc2nc3ccccc3n2CCC(=O)N(CC)C2CCCCC2)CC1.CCN(C(=O)CCn1c(CN2CCC(C(C)(C)C)CC2)nc2ccccc21)C1CCCCC1. The number of nitrogens with zero attached hydrogens (tertiary/aromatic N) is 15. The van der Waals surface area contributed by atoms with E-state index in [2.05, 4.69) is 213 Å². The summed E-state index contributed by atoms with van der Waals surface area (Å²) in [7, 11) is 0. The number of benzene rings is 4. The summed E-state index contributed by atoms with van der Waals surface area (Å²) in [5.41, 5.74) is 10.5. The fourth-order valence-corrected chi connectivity index (χ4v) is 22.1. The van der Waals surface area contributed by atoms with Crippen molar-refractivity contribution in [1.82, 2.24) is 72.5 Å². The van der Waals surface area contributed by atoms with E-state index >= 15 is 0 Å². The molecular weight excluding hydrogens is 1510 g/mol. The summed E-state index contributed by atoms with van der Waals surface area (Å²) in [6.07, 6.45) is 39.9. The van der Waals surface area contributed by atoms with E-state index < -0.39 is 0 Å². The second-order valence-electron chi connectivity index (χ2n) is 39.1. The fraction of sp³-hybridized carbons (Fsp3) is 0.689. The number of para-hydroxylation sites is 6. The first-order chi connectivity index (χ1) is 59.4. The highest BCUT2D eigenvalue weighted by Crippen LogP contribution is 2.38. The van der Waals surface area contributed by atoms with Crippen molar-refractivity contribution in [2.24, 2.45) is 29.1 Å². The lowest BCUT2D eigenvalue weighted by Gasteiger charge is -2.38. The Morgan fingerprint density at radius 3 is 1.11 bits per heavy atom. The Hall–Kier alpha value is -7.48. The van der Waals surface area contributed by atoms with Gasteiger partial charge >= 0.3 is 0 Å². The van der Waals surface area contributed by atoms with Crippen LogP contribution in [0.3, 0.4) is 0 Å². The van der Waals surface area contributed by atoms with Gasteiger partial charge in [-0.25, -0.2) is 19.9 Å². The van der Waals surface area contributed by atoms with Gasteiger partial charge in [0, 0.05) is 109 Å². The van der Waals surface area contributed by atoms with Gasteiger partial charge in [-0.1, -0.05) is 174 Å². The normalized spacial score (nSPS) is 19.3. The molecule has 8 fully saturated rings. The lowest BCUT2D eigenvalue weighted by atomic mass is 9.75. The Morgan fingerprint density at radius 1 is 0.377 bits per heavy atom. The smallest absolute Gasteiger partial charge is 0.224 e. The van der Waals surface area contributed by atoms with Gasteiger partial charge in [-0.2, -0.15) is 0 Å². The van der Waals surface area contributed by atoms with Gasteiger partial charge in [0.05, 0.1) is 63.8 Å². The number of piperidine rings is 4. The average Bonchev–Trinajstić information content (AvgIpc) is 1.66. The molecule has 0 spiro atoms. The van der Waals surface area contributed by atoms with Crippen molar-refractivity contribution in [1.29, 1.82) is 0 Å². The van der Waals surface area contributed by atoms with Crippen LogP contribution in [-0.4, -0.2) is 186 Å². The van der Waals surface area contributed by atoms with Crippen molar-refractivity contribution < 1.29 is 19.2 Å². The number of carbonyl (C=O) groups excluding carboxylic acids is 4. The van der Waals surface area contributed by atoms with E-state index in [1.807, 2.05) is 0 Å². The van der Waals surface area contributed by atoms with Crippen LogP contribution in [0.25, 0.3) is 44.1 Å². The molecule has 0 unspecified atom stereocenters. The van der Waals surface area contributed by atoms with Gasteiger partial charge < -0.3 is 37.9 Å². The molecule has 4 amide bonds. The minimum Gasteiger partial charge on any atom is -0.343 e. The van der Waals surface area contributed by atoms with Crippen LogP contribution in [0.1, 0.15) is 315 Å². The molecule has 668 valence electrons. The number of fused-ring (bicyclic) bond motifs is 4. The zero-order valence-electron chi connectivity index (χ0n) is 77.4. The van der Waals surface area contributed by atoms with Crippen molar-refractivity contribution in [3.05, 3.63) is 120 Å². The number of imidazole rings is 4. The van der Waals surface area contributed by atoms with Gasteiger partial charge in [-0.3, -0.25) is 33.9 Å². The number of carbonyl (C=O) groups is 4. The highest BCUT2D eigenvalue weighted by molar-refractivity contribution is 5.82. The van der Waals surface area contributed by atoms with Crippen molar-refractivity contribution >= 4 is 67.8 Å². The monoisotopic (exact) mass is 1670 g/mol. The highest BCUT2D eigenvalue weighted by Gasteiger charge is 2.34. The van der Waals surface area contributed by atoms with Crippen LogP contribution >= 0.6 is 0 Å². The van der Waals surface area contributed by atoms with E-state index in [0.29, 0.717) is 78.8 Å². The summed E-state index contributed by atoms with van der Waals surface area (Å²) < 4.78 is 9.30. The number of aryl methyl sites for hydroxylation is 5. The quantitative estimate of drug-likeness (QED) is 0.0482. The van der Waals surface area contributed by atoms with Crippen LogP contribution in [0.5, 0.6) is 0 Å². The van der Waals surface area contributed by atoms with E-state index in [4.69, 9.17) is 19.9 Å². The minimum absolute atomic E-state index is 0.305. The third-order valence-electron chi connectivity index (χ3n) is 29.9. The zero-order valence-corrected chi connectivity index (χ0v) is 77.4. The van der Waals surface area contributed by atoms with Crippen LogP contribution in [-0.2, 0) is 65.0 Å². The summed E-state index contributed by atoms with van der Waals surface area (Å²) in [6.45, 7) is 39.4. The summed E-state index contributed by atoms with van der Waals surface area (Å²) >= 11 is 0. The van der Waals surface area contributed by atoms with Crippen LogP contribution in [0.15, 0.2) is 91.0 Å². The van der Waals surface area contributed by atoms with Gasteiger partial charge in [-0.15, -0.1) is 0 Å². The Morgan fingerprint density at radius 2 is 0.721 bits per heavy atom. The maximum absolute atomic E-state index is 13.2. The summed E-state index contributed by atoms with van der Waals surface area (Å²) in [5, 5.41) is 0. The van der Waals surface area contributed by atoms with Crippen LogP contribution < -0.4 is 0 Å². The molecule has 8 heterocycles. The second kappa shape index (κ2) is 45.6. The first kappa shape index (κ1) is 92.2. The van der Waals surface area contributed by atoms with Gasteiger partial charge in [0.25, 0.3) is 0 Å². The van der Waals surface area contributed by atoms with E-state index in [1.165, 1.54) is 202 Å². The molecule has 4 aromatic carbocycles. The zero-order chi connectivity index (χ0) is 85.5. The topological polar surface area (TPSA) is 162 Å². The molecular formula is C103H157N15O4. The molecule has 8 aliphatic rings. The van der Waals surface area contributed by atoms with Crippen molar-refractivity contribution in [3.8, 4) is 0 Å². The molecule has 4 saturated heterocycles. The molecule has 4 saturated carbocycles.